The Kier molecular flexibility index (Phi) is 8.12. The molecule has 0 aromatic carbocycles. The maximum absolute atomic E-state index is 13.5. The van der Waals surface area contributed by atoms with Gasteiger partial charge in [-0.15, -0.1) is 0 Å². The van der Waals surface area contributed by atoms with Crippen LogP contribution in [0.4, 0.5) is 0 Å². The highest BCUT2D eigenvalue weighted by Gasteiger charge is 2.62. The Morgan fingerprint density at radius 2 is 1.86 bits per heavy atom. The molecule has 5 rings (SSSR count). The van der Waals surface area contributed by atoms with E-state index in [0.717, 1.165) is 43.6 Å². The minimum atomic E-state index is -3.31. The third-order valence-corrected chi connectivity index (χ3v) is 11.9. The van der Waals surface area contributed by atoms with Crippen LogP contribution in [0.3, 0.4) is 0 Å². The lowest BCUT2D eigenvalue weighted by Crippen LogP contribution is -2.56. The first-order chi connectivity index (χ1) is 17.1. The molecule has 6 nitrogen and oxygen atoms in total. The van der Waals surface area contributed by atoms with Gasteiger partial charge >= 0.3 is 0 Å². The molecule has 7 heteroatoms. The molecule has 204 valence electrons. The number of Topliss-reactive ketones (excluding diaryl/α,β-unsaturated/α-hetero) is 1. The van der Waals surface area contributed by atoms with Crippen LogP contribution in [-0.2, 0) is 25.9 Å². The molecule has 1 heterocycles. The Morgan fingerprint density at radius 1 is 1.11 bits per heavy atom. The first-order valence-corrected chi connectivity index (χ1v) is 16.2. The summed E-state index contributed by atoms with van der Waals surface area (Å²) in [7, 11) is -1.43. The van der Waals surface area contributed by atoms with Crippen molar-refractivity contribution in [2.75, 3.05) is 20.0 Å². The molecule has 1 aromatic heterocycles. The van der Waals surface area contributed by atoms with Crippen LogP contribution in [0.25, 0.3) is 0 Å². The molecular weight excluding hydrogens is 472 g/mol. The van der Waals surface area contributed by atoms with Crippen LogP contribution < -0.4 is 0 Å². The zero-order chi connectivity index (χ0) is 26.3. The van der Waals surface area contributed by atoms with E-state index in [4.69, 9.17) is 4.74 Å². The van der Waals surface area contributed by atoms with Crippen LogP contribution in [0.5, 0.6) is 0 Å². The Morgan fingerprint density at radius 3 is 2.53 bits per heavy atom. The van der Waals surface area contributed by atoms with E-state index in [1.165, 1.54) is 61.9 Å². The second-order valence-corrected chi connectivity index (χ2v) is 14.5. The van der Waals surface area contributed by atoms with Crippen LogP contribution in [-0.4, -0.2) is 44.0 Å². The van der Waals surface area contributed by atoms with Gasteiger partial charge < -0.3 is 4.74 Å². The fraction of sp³-hybridized carbons (Fsp3) is 0.862. The molecule has 4 fully saturated rings. The van der Waals surface area contributed by atoms with Crippen molar-refractivity contribution in [3.8, 4) is 0 Å². The van der Waals surface area contributed by atoms with Crippen LogP contribution in [0.1, 0.15) is 85.5 Å². The van der Waals surface area contributed by atoms with Gasteiger partial charge in [0.05, 0.1) is 19.3 Å². The third kappa shape index (κ3) is 4.72. The number of carbonyl (C=O) groups excluding carboxylic acids is 1. The average Bonchev–Trinajstić information content (AvgIpc) is 3.45. The molecule has 8 unspecified atom stereocenters. The molecule has 0 amide bonds. The van der Waals surface area contributed by atoms with Gasteiger partial charge in [0.15, 0.2) is 15.6 Å². The van der Waals surface area contributed by atoms with E-state index in [2.05, 4.69) is 18.9 Å². The molecule has 0 bridgehead atoms. The Balaban J connectivity index is 0.00000148. The average molecular weight is 521 g/mol. The number of sulfone groups is 1. The van der Waals surface area contributed by atoms with Crippen molar-refractivity contribution in [2.45, 2.75) is 96.9 Å². The normalized spacial score (nSPS) is 39.8. The smallest absolute Gasteiger partial charge is 0.178 e. The lowest BCUT2D eigenvalue weighted by molar-refractivity contribution is -0.154. The number of carbonyl (C=O) groups is 1. The van der Waals surface area contributed by atoms with Crippen molar-refractivity contribution < 1.29 is 17.9 Å². The highest BCUT2D eigenvalue weighted by molar-refractivity contribution is 7.90. The summed E-state index contributed by atoms with van der Waals surface area (Å²) in [6.45, 7) is 9.88. The van der Waals surface area contributed by atoms with Crippen molar-refractivity contribution in [1.82, 2.24) is 9.78 Å². The number of hydrogen-bond donors (Lipinski definition) is 0. The SMILES string of the molecule is CC.COCC12CCC(C)CC1CCC1C3CCC(C(=O)Cn4cc(S(C)(=O)=O)cn4)C3(C)CCC12. The van der Waals surface area contributed by atoms with Crippen molar-refractivity contribution >= 4 is 15.6 Å². The van der Waals surface area contributed by atoms with Gasteiger partial charge in [-0.3, -0.25) is 9.48 Å². The topological polar surface area (TPSA) is 78.3 Å². The summed E-state index contributed by atoms with van der Waals surface area (Å²) in [6, 6.07) is 0. The second-order valence-electron chi connectivity index (χ2n) is 12.5. The van der Waals surface area contributed by atoms with Gasteiger partial charge in [0.2, 0.25) is 0 Å². The number of methoxy groups -OCH3 is 1. The zero-order valence-corrected chi connectivity index (χ0v) is 24.1. The molecule has 0 spiro atoms. The maximum atomic E-state index is 13.5. The number of fused-ring (bicyclic) bond motifs is 5. The Bertz CT molecular complexity index is 1040. The first kappa shape index (κ1) is 27.8. The summed E-state index contributed by atoms with van der Waals surface area (Å²) in [6.07, 6.45) is 15.1. The lowest BCUT2D eigenvalue weighted by Gasteiger charge is -2.61. The van der Waals surface area contributed by atoms with Gasteiger partial charge in [-0.2, -0.15) is 5.10 Å². The van der Waals surface area contributed by atoms with E-state index in [-0.39, 0.29) is 28.6 Å². The van der Waals surface area contributed by atoms with E-state index in [0.29, 0.717) is 17.3 Å². The summed E-state index contributed by atoms with van der Waals surface area (Å²) in [5, 5.41) is 4.17. The summed E-state index contributed by atoms with van der Waals surface area (Å²) >= 11 is 0. The molecule has 0 radical (unpaired) electrons. The van der Waals surface area contributed by atoms with Gasteiger partial charge in [0.25, 0.3) is 0 Å². The summed E-state index contributed by atoms with van der Waals surface area (Å²) in [5.41, 5.74) is 0.388. The summed E-state index contributed by atoms with van der Waals surface area (Å²) < 4.78 is 31.0. The molecule has 4 aliphatic rings. The third-order valence-electron chi connectivity index (χ3n) is 10.8. The second kappa shape index (κ2) is 10.5. The summed E-state index contributed by atoms with van der Waals surface area (Å²) in [4.78, 5) is 13.7. The van der Waals surface area contributed by atoms with E-state index in [1.807, 2.05) is 21.0 Å². The van der Waals surface area contributed by atoms with Crippen LogP contribution in [0, 0.1) is 46.3 Å². The van der Waals surface area contributed by atoms with E-state index >= 15 is 0 Å². The molecule has 8 atom stereocenters. The number of hydrogen-bond acceptors (Lipinski definition) is 5. The Hall–Kier alpha value is -1.21. The van der Waals surface area contributed by atoms with Gasteiger partial charge in [-0.1, -0.05) is 34.1 Å². The predicted octanol–water partition coefficient (Wildman–Crippen LogP) is 5.80. The number of nitrogens with zero attached hydrogens (tertiary/aromatic N) is 2. The minimum Gasteiger partial charge on any atom is -0.384 e. The molecular formula is C29H48N2O4S. The maximum Gasteiger partial charge on any atom is 0.178 e. The molecule has 36 heavy (non-hydrogen) atoms. The standard InChI is InChI=1S/C27H42N2O4S.C2H6/c1-18-9-12-27(17-33-3)19(13-18)5-6-21-22-7-8-24(26(22,2)11-10-23(21)27)25(30)16-29-15-20(14-28-29)34(4,31)32;1-2/h14-15,18-19,21-24H,5-13,16-17H2,1-4H3;1-2H3. The van der Waals surface area contributed by atoms with Crippen LogP contribution in [0.2, 0.25) is 0 Å². The number of rotatable bonds is 6. The van der Waals surface area contributed by atoms with Gasteiger partial charge in [0, 0.05) is 25.5 Å². The first-order valence-electron chi connectivity index (χ1n) is 14.3. The van der Waals surface area contributed by atoms with Crippen molar-refractivity contribution in [2.24, 2.45) is 46.3 Å². The number of aromatic nitrogens is 2. The minimum absolute atomic E-state index is 0.0480. The fourth-order valence-electron chi connectivity index (χ4n) is 9.24. The van der Waals surface area contributed by atoms with Gasteiger partial charge in [0.1, 0.15) is 4.90 Å². The van der Waals surface area contributed by atoms with Crippen molar-refractivity contribution in [3.05, 3.63) is 12.4 Å². The van der Waals surface area contributed by atoms with E-state index in [9.17, 15) is 13.2 Å². The molecule has 0 N–H and O–H groups in total. The quantitative estimate of drug-likeness (QED) is 0.473. The van der Waals surface area contributed by atoms with E-state index in [1.54, 1.807) is 0 Å². The Labute approximate surface area is 218 Å². The molecule has 0 saturated heterocycles. The summed E-state index contributed by atoms with van der Waals surface area (Å²) in [5.74, 6) is 3.94. The highest BCUT2D eigenvalue weighted by Crippen LogP contribution is 2.68. The fourth-order valence-corrected chi connectivity index (χ4v) is 9.79. The number of ether oxygens (including phenoxy) is 1. The lowest BCUT2D eigenvalue weighted by atomic mass is 9.44. The predicted molar refractivity (Wildman–Crippen MR) is 142 cm³/mol. The van der Waals surface area contributed by atoms with Gasteiger partial charge in [-0.05, 0) is 91.8 Å². The number of ketones is 1. The molecule has 4 saturated carbocycles. The highest BCUT2D eigenvalue weighted by atomic mass is 32.2. The zero-order valence-electron chi connectivity index (χ0n) is 23.3. The molecule has 4 aliphatic carbocycles. The van der Waals surface area contributed by atoms with Gasteiger partial charge in [-0.25, -0.2) is 8.42 Å². The van der Waals surface area contributed by atoms with Crippen molar-refractivity contribution in [1.29, 1.82) is 0 Å². The van der Waals surface area contributed by atoms with Crippen LogP contribution in [0.15, 0.2) is 17.3 Å². The van der Waals surface area contributed by atoms with Crippen molar-refractivity contribution in [3.63, 3.8) is 0 Å². The molecule has 1 aromatic rings. The van der Waals surface area contributed by atoms with Crippen LogP contribution >= 0.6 is 0 Å². The van der Waals surface area contributed by atoms with E-state index < -0.39 is 9.84 Å². The molecule has 0 aliphatic heterocycles. The largest absolute Gasteiger partial charge is 0.384 e. The monoisotopic (exact) mass is 520 g/mol.